The first-order valence-electron chi connectivity index (χ1n) is 10.0. The van der Waals surface area contributed by atoms with Gasteiger partial charge in [-0.15, -0.1) is 0 Å². The number of nitrogens with zero attached hydrogens (tertiary/aromatic N) is 1. The largest absolute Gasteiger partial charge is 0.497 e. The number of hydrogen-bond donors (Lipinski definition) is 1. The van der Waals surface area contributed by atoms with E-state index in [0.717, 1.165) is 16.5 Å². The highest BCUT2D eigenvalue weighted by atomic mass is 16.6. The normalized spacial score (nSPS) is 11.3. The highest BCUT2D eigenvalue weighted by molar-refractivity contribution is 5.96. The summed E-state index contributed by atoms with van der Waals surface area (Å²) in [4.78, 5) is 26.5. The van der Waals surface area contributed by atoms with Gasteiger partial charge in [-0.2, -0.15) is 0 Å². The number of carbonyl (C=O) groups is 2. The van der Waals surface area contributed by atoms with Gasteiger partial charge in [0.25, 0.3) is 0 Å². The fourth-order valence-corrected chi connectivity index (χ4v) is 3.13. The van der Waals surface area contributed by atoms with Gasteiger partial charge in [-0.05, 0) is 44.5 Å². The zero-order valence-electron chi connectivity index (χ0n) is 18.5. The van der Waals surface area contributed by atoms with E-state index in [1.165, 1.54) is 4.90 Å². The van der Waals surface area contributed by atoms with Crippen LogP contribution in [-0.2, 0) is 22.5 Å². The van der Waals surface area contributed by atoms with Crippen LogP contribution >= 0.6 is 0 Å². The topological polar surface area (TPSA) is 81.0 Å². The maximum Gasteiger partial charge on any atom is 0.410 e. The van der Waals surface area contributed by atoms with Gasteiger partial charge < -0.3 is 24.1 Å². The van der Waals surface area contributed by atoms with Crippen LogP contribution in [0.4, 0.5) is 10.5 Å². The maximum absolute atomic E-state index is 12.7. The molecular weight excluding hydrogens is 396 g/mol. The maximum atomic E-state index is 12.7. The van der Waals surface area contributed by atoms with Crippen LogP contribution in [0.15, 0.2) is 53.1 Å². The molecule has 0 saturated heterocycles. The summed E-state index contributed by atoms with van der Waals surface area (Å²) in [6.07, 6.45) is 1.33. The molecule has 2 amide bonds. The van der Waals surface area contributed by atoms with E-state index in [0.29, 0.717) is 23.6 Å². The lowest BCUT2D eigenvalue weighted by molar-refractivity contribution is -0.115. The molecule has 0 unspecified atom stereocenters. The van der Waals surface area contributed by atoms with E-state index in [4.69, 9.17) is 13.9 Å². The van der Waals surface area contributed by atoms with Crippen molar-refractivity contribution in [3.8, 4) is 5.75 Å². The number of carbonyl (C=O) groups excluding carboxylic acids is 2. The van der Waals surface area contributed by atoms with Crippen LogP contribution in [-0.4, -0.2) is 36.7 Å². The average molecular weight is 424 g/mol. The monoisotopic (exact) mass is 424 g/mol. The van der Waals surface area contributed by atoms with Crippen molar-refractivity contribution in [3.63, 3.8) is 0 Å². The van der Waals surface area contributed by atoms with Crippen molar-refractivity contribution in [1.29, 1.82) is 0 Å². The van der Waals surface area contributed by atoms with Crippen LogP contribution in [0.3, 0.4) is 0 Å². The summed E-state index contributed by atoms with van der Waals surface area (Å²) >= 11 is 0. The third-order valence-corrected chi connectivity index (χ3v) is 4.62. The van der Waals surface area contributed by atoms with E-state index in [1.807, 2.05) is 57.2 Å². The number of hydrogen-bond acceptors (Lipinski definition) is 5. The van der Waals surface area contributed by atoms with Crippen molar-refractivity contribution in [2.45, 2.75) is 39.3 Å². The van der Waals surface area contributed by atoms with Crippen LogP contribution in [0.1, 0.15) is 31.9 Å². The molecule has 1 heterocycles. The number of nitrogens with one attached hydrogen (secondary N) is 1. The first-order valence-corrected chi connectivity index (χ1v) is 10.0. The number of anilines is 1. The average Bonchev–Trinajstić information content (AvgIpc) is 3.09. The Morgan fingerprint density at radius 1 is 1.10 bits per heavy atom. The van der Waals surface area contributed by atoms with Gasteiger partial charge in [0.2, 0.25) is 5.91 Å². The zero-order chi connectivity index (χ0) is 22.6. The lowest BCUT2D eigenvalue weighted by Crippen LogP contribution is -2.34. The van der Waals surface area contributed by atoms with Gasteiger partial charge in [0.05, 0.1) is 26.3 Å². The SMILES string of the molecule is COc1ccc2c(CC(=O)Nc3ccccc3CN(C)C(=O)OC(C)(C)C)coc2c1. The summed E-state index contributed by atoms with van der Waals surface area (Å²) in [5, 5.41) is 3.81. The van der Waals surface area contributed by atoms with E-state index in [2.05, 4.69) is 5.32 Å². The molecule has 0 fully saturated rings. The lowest BCUT2D eigenvalue weighted by Gasteiger charge is -2.25. The Hall–Kier alpha value is -3.48. The van der Waals surface area contributed by atoms with Crippen LogP contribution < -0.4 is 10.1 Å². The van der Waals surface area contributed by atoms with Crippen LogP contribution in [0.25, 0.3) is 11.0 Å². The molecule has 3 aromatic rings. The summed E-state index contributed by atoms with van der Waals surface area (Å²) in [6.45, 7) is 5.77. The molecule has 0 bridgehead atoms. The molecule has 1 aromatic heterocycles. The second-order valence-electron chi connectivity index (χ2n) is 8.34. The van der Waals surface area contributed by atoms with Crippen molar-refractivity contribution in [2.24, 2.45) is 0 Å². The number of benzene rings is 2. The Labute approximate surface area is 181 Å². The molecule has 7 nitrogen and oxygen atoms in total. The van der Waals surface area contributed by atoms with Gasteiger partial charge in [-0.3, -0.25) is 4.79 Å². The lowest BCUT2D eigenvalue weighted by atomic mass is 10.1. The summed E-state index contributed by atoms with van der Waals surface area (Å²) in [7, 11) is 3.26. The molecule has 0 aliphatic rings. The molecule has 0 aliphatic carbocycles. The van der Waals surface area contributed by atoms with E-state index in [-0.39, 0.29) is 12.3 Å². The molecule has 0 atom stereocenters. The van der Waals surface area contributed by atoms with Gasteiger partial charge in [-0.1, -0.05) is 18.2 Å². The van der Waals surface area contributed by atoms with Gasteiger partial charge >= 0.3 is 6.09 Å². The minimum Gasteiger partial charge on any atom is -0.497 e. The molecule has 0 aliphatic heterocycles. The number of methoxy groups -OCH3 is 1. The van der Waals surface area contributed by atoms with E-state index in [1.54, 1.807) is 26.5 Å². The van der Waals surface area contributed by atoms with Crippen LogP contribution in [0.5, 0.6) is 5.75 Å². The summed E-state index contributed by atoms with van der Waals surface area (Å²) in [5.41, 5.74) is 2.35. The van der Waals surface area contributed by atoms with Crippen molar-refractivity contribution < 1.29 is 23.5 Å². The van der Waals surface area contributed by atoms with Crippen LogP contribution in [0, 0.1) is 0 Å². The van der Waals surface area contributed by atoms with E-state index < -0.39 is 11.7 Å². The Kier molecular flexibility index (Phi) is 6.53. The first kappa shape index (κ1) is 22.2. The molecule has 3 rings (SSSR count). The molecule has 7 heteroatoms. The molecule has 2 aromatic carbocycles. The number of amides is 2. The fourth-order valence-electron chi connectivity index (χ4n) is 3.13. The number of fused-ring (bicyclic) bond motifs is 1. The smallest absolute Gasteiger partial charge is 0.410 e. The van der Waals surface area contributed by atoms with Crippen molar-refractivity contribution in [1.82, 2.24) is 4.90 Å². The summed E-state index contributed by atoms with van der Waals surface area (Å²) in [6, 6.07) is 12.9. The van der Waals surface area contributed by atoms with Gasteiger partial charge in [-0.25, -0.2) is 4.79 Å². The molecule has 164 valence electrons. The van der Waals surface area contributed by atoms with E-state index in [9.17, 15) is 9.59 Å². The van der Waals surface area contributed by atoms with Gasteiger partial charge in [0.15, 0.2) is 0 Å². The van der Waals surface area contributed by atoms with Crippen molar-refractivity contribution in [3.05, 3.63) is 59.9 Å². The number of rotatable bonds is 6. The number of ether oxygens (including phenoxy) is 2. The Morgan fingerprint density at radius 2 is 1.84 bits per heavy atom. The number of para-hydroxylation sites is 1. The molecule has 31 heavy (non-hydrogen) atoms. The third-order valence-electron chi connectivity index (χ3n) is 4.62. The molecule has 1 N–H and O–H groups in total. The van der Waals surface area contributed by atoms with Crippen LogP contribution in [0.2, 0.25) is 0 Å². The minimum absolute atomic E-state index is 0.162. The predicted octanol–water partition coefficient (Wildman–Crippen LogP) is 4.99. The summed E-state index contributed by atoms with van der Waals surface area (Å²) < 4.78 is 16.2. The predicted molar refractivity (Wildman–Crippen MR) is 119 cm³/mol. The van der Waals surface area contributed by atoms with Crippen molar-refractivity contribution in [2.75, 3.05) is 19.5 Å². The fraction of sp³-hybridized carbons (Fsp3) is 0.333. The quantitative estimate of drug-likeness (QED) is 0.603. The minimum atomic E-state index is -0.573. The zero-order valence-corrected chi connectivity index (χ0v) is 18.5. The van der Waals surface area contributed by atoms with E-state index >= 15 is 0 Å². The standard InChI is InChI=1S/C24H28N2O5/c1-24(2,3)31-23(28)26(4)14-16-8-6-7-9-20(16)25-22(27)12-17-15-30-21-13-18(29-5)10-11-19(17)21/h6-11,13,15H,12,14H2,1-5H3,(H,25,27). The first-order chi connectivity index (χ1) is 14.7. The Bertz CT molecular complexity index is 1080. The Morgan fingerprint density at radius 3 is 2.55 bits per heavy atom. The molecule has 0 radical (unpaired) electrons. The highest BCUT2D eigenvalue weighted by Gasteiger charge is 2.20. The van der Waals surface area contributed by atoms with Crippen molar-refractivity contribution >= 4 is 28.7 Å². The third kappa shape index (κ3) is 5.78. The number of furan rings is 1. The molecule has 0 spiro atoms. The molecule has 0 saturated carbocycles. The highest BCUT2D eigenvalue weighted by Crippen LogP contribution is 2.26. The summed E-state index contributed by atoms with van der Waals surface area (Å²) in [5.74, 6) is 0.520. The second kappa shape index (κ2) is 9.12. The second-order valence-corrected chi connectivity index (χ2v) is 8.34. The Balaban J connectivity index is 1.69. The van der Waals surface area contributed by atoms with Gasteiger partial charge in [0.1, 0.15) is 16.9 Å². The molecular formula is C24H28N2O5. The van der Waals surface area contributed by atoms with Gasteiger partial charge in [0, 0.05) is 29.8 Å².